The summed E-state index contributed by atoms with van der Waals surface area (Å²) in [7, 11) is 3.68. The van der Waals surface area contributed by atoms with Gasteiger partial charge in [-0.3, -0.25) is 14.3 Å². The normalized spacial score (nSPS) is 14.9. The number of ether oxygens (including phenoxy) is 1. The summed E-state index contributed by atoms with van der Waals surface area (Å²) in [5, 5.41) is 7.89. The van der Waals surface area contributed by atoms with Gasteiger partial charge in [0, 0.05) is 83.3 Å². The average molecular weight is 615 g/mol. The Morgan fingerprint density at radius 1 is 0.733 bits per heavy atom. The molecule has 6 rings (SSSR count). The van der Waals surface area contributed by atoms with Gasteiger partial charge in [0.15, 0.2) is 0 Å². The molecule has 242 valence electrons. The minimum absolute atomic E-state index is 0.241. The van der Waals surface area contributed by atoms with Crippen molar-refractivity contribution in [3.8, 4) is 5.75 Å². The van der Waals surface area contributed by atoms with Crippen molar-refractivity contribution in [1.82, 2.24) is 19.6 Å². The summed E-state index contributed by atoms with van der Waals surface area (Å²) in [6.07, 6.45) is 3.09. The van der Waals surface area contributed by atoms with Gasteiger partial charge in [0.1, 0.15) is 5.75 Å². The minimum atomic E-state index is 0.241. The Kier molecular flexibility index (Phi) is 11.7. The smallest absolute Gasteiger partial charge is 0.222 e. The Morgan fingerprint density at radius 3 is 1.76 bits per heavy atom. The van der Waals surface area contributed by atoms with E-state index >= 15 is 0 Å². The molecule has 0 N–H and O–H groups in total. The van der Waals surface area contributed by atoms with Crippen molar-refractivity contribution < 1.29 is 14.3 Å². The van der Waals surface area contributed by atoms with Crippen LogP contribution in [-0.4, -0.2) is 90.9 Å². The van der Waals surface area contributed by atoms with E-state index in [2.05, 4.69) is 64.3 Å². The monoisotopic (exact) mass is 614 g/mol. The standard InChI is InChI=1S/C18H22N2O2.C16H22N4O.C2H6/c1-3-18(21)20-10-8-19(9-11-20)16-12-14-6-4-5-7-15(14)13-17(16)22-2;1-4-16(21)20-7-5-19(6-8-20)14-10-15-13(9-12(14)2)11-17-18(15)3;1-2/h4-7,12-13H,3,8-11H2,1-2H3;9-11H,4-8H2,1-3H3;1-2H3. The zero-order valence-corrected chi connectivity index (χ0v) is 28.2. The summed E-state index contributed by atoms with van der Waals surface area (Å²) < 4.78 is 7.49. The first-order chi connectivity index (χ1) is 21.8. The highest BCUT2D eigenvalue weighted by Crippen LogP contribution is 2.34. The molecule has 9 heteroatoms. The van der Waals surface area contributed by atoms with E-state index in [0.717, 1.165) is 69.3 Å². The van der Waals surface area contributed by atoms with Gasteiger partial charge < -0.3 is 24.3 Å². The second-order valence-electron chi connectivity index (χ2n) is 11.3. The first kappa shape index (κ1) is 33.6. The van der Waals surface area contributed by atoms with Crippen LogP contribution in [-0.2, 0) is 16.6 Å². The number of fused-ring (bicyclic) bond motifs is 2. The van der Waals surface area contributed by atoms with E-state index in [0.29, 0.717) is 12.8 Å². The molecule has 1 aromatic heterocycles. The molecule has 3 aromatic carbocycles. The molecule has 2 aliphatic heterocycles. The lowest BCUT2D eigenvalue weighted by molar-refractivity contribution is -0.131. The maximum atomic E-state index is 11.8. The van der Waals surface area contributed by atoms with E-state index in [9.17, 15) is 9.59 Å². The number of amides is 2. The molecule has 0 bridgehead atoms. The van der Waals surface area contributed by atoms with Gasteiger partial charge in [-0.15, -0.1) is 0 Å². The molecule has 45 heavy (non-hydrogen) atoms. The molecule has 2 fully saturated rings. The highest BCUT2D eigenvalue weighted by Gasteiger charge is 2.23. The van der Waals surface area contributed by atoms with Crippen LogP contribution in [0.1, 0.15) is 46.1 Å². The van der Waals surface area contributed by atoms with Gasteiger partial charge in [-0.05, 0) is 47.5 Å². The molecular weight excluding hydrogens is 564 g/mol. The largest absolute Gasteiger partial charge is 0.495 e. The Labute approximate surface area is 268 Å². The summed E-state index contributed by atoms with van der Waals surface area (Å²) >= 11 is 0. The first-order valence-electron chi connectivity index (χ1n) is 16.4. The molecule has 0 atom stereocenters. The van der Waals surface area contributed by atoms with Crippen LogP contribution >= 0.6 is 0 Å². The summed E-state index contributed by atoms with van der Waals surface area (Å²) in [6.45, 7) is 16.7. The van der Waals surface area contributed by atoms with Crippen LogP contribution in [0.4, 0.5) is 11.4 Å². The lowest BCUT2D eigenvalue weighted by atomic mass is 10.1. The van der Waals surface area contributed by atoms with Gasteiger partial charge in [0.2, 0.25) is 11.8 Å². The van der Waals surface area contributed by atoms with Crippen LogP contribution in [0.5, 0.6) is 5.75 Å². The number of rotatable bonds is 5. The molecule has 0 aliphatic carbocycles. The number of methoxy groups -OCH3 is 1. The molecule has 0 spiro atoms. The van der Waals surface area contributed by atoms with Crippen molar-refractivity contribution in [3.05, 3.63) is 60.3 Å². The van der Waals surface area contributed by atoms with Crippen LogP contribution in [0.3, 0.4) is 0 Å². The van der Waals surface area contributed by atoms with Crippen molar-refractivity contribution >= 4 is 44.9 Å². The molecule has 2 aliphatic rings. The lowest BCUT2D eigenvalue weighted by Gasteiger charge is -2.36. The van der Waals surface area contributed by atoms with Crippen LogP contribution < -0.4 is 14.5 Å². The van der Waals surface area contributed by atoms with Crippen molar-refractivity contribution in [3.63, 3.8) is 0 Å². The van der Waals surface area contributed by atoms with E-state index in [4.69, 9.17) is 4.74 Å². The van der Waals surface area contributed by atoms with Gasteiger partial charge in [0.25, 0.3) is 0 Å². The van der Waals surface area contributed by atoms with Crippen molar-refractivity contribution in [1.29, 1.82) is 0 Å². The number of nitrogens with zero attached hydrogens (tertiary/aromatic N) is 6. The van der Waals surface area contributed by atoms with Crippen LogP contribution in [0.25, 0.3) is 21.7 Å². The fourth-order valence-corrected chi connectivity index (χ4v) is 6.10. The molecule has 4 aromatic rings. The number of aromatic nitrogens is 2. The van der Waals surface area contributed by atoms with Gasteiger partial charge in [-0.25, -0.2) is 0 Å². The van der Waals surface area contributed by atoms with E-state index in [1.807, 2.05) is 61.5 Å². The third-order valence-corrected chi connectivity index (χ3v) is 8.66. The van der Waals surface area contributed by atoms with E-state index < -0.39 is 0 Å². The van der Waals surface area contributed by atoms with Crippen LogP contribution in [0, 0.1) is 6.92 Å². The van der Waals surface area contributed by atoms with Crippen LogP contribution in [0.2, 0.25) is 0 Å². The summed E-state index contributed by atoms with van der Waals surface area (Å²) in [4.78, 5) is 32.1. The lowest BCUT2D eigenvalue weighted by Crippen LogP contribution is -2.48. The zero-order valence-electron chi connectivity index (χ0n) is 28.2. The number of benzene rings is 3. The summed E-state index contributed by atoms with van der Waals surface area (Å²) in [5.74, 6) is 1.40. The van der Waals surface area contributed by atoms with Crippen molar-refractivity contribution in [2.75, 3.05) is 69.3 Å². The number of aryl methyl sites for hydroxylation is 2. The number of carbonyl (C=O) groups is 2. The maximum Gasteiger partial charge on any atom is 0.222 e. The quantitative estimate of drug-likeness (QED) is 0.280. The number of hydrogen-bond acceptors (Lipinski definition) is 6. The Bertz CT molecular complexity index is 1580. The minimum Gasteiger partial charge on any atom is -0.495 e. The topological polar surface area (TPSA) is 74.2 Å². The molecule has 0 saturated carbocycles. The Balaban J connectivity index is 0.000000194. The third kappa shape index (κ3) is 7.70. The van der Waals surface area contributed by atoms with Crippen molar-refractivity contribution in [2.24, 2.45) is 7.05 Å². The number of hydrogen-bond donors (Lipinski definition) is 0. The molecule has 0 unspecified atom stereocenters. The van der Waals surface area contributed by atoms with Gasteiger partial charge in [-0.2, -0.15) is 5.10 Å². The molecular formula is C36H50N6O3. The summed E-state index contributed by atoms with van der Waals surface area (Å²) in [6, 6.07) is 17.0. The second-order valence-corrected chi connectivity index (χ2v) is 11.3. The molecule has 0 radical (unpaired) electrons. The number of anilines is 2. The van der Waals surface area contributed by atoms with Gasteiger partial charge in [0.05, 0.1) is 24.5 Å². The molecule has 3 heterocycles. The summed E-state index contributed by atoms with van der Waals surface area (Å²) in [5.41, 5.74) is 4.80. The fraction of sp³-hybridized carbons (Fsp3) is 0.472. The number of carbonyl (C=O) groups excluding carboxylic acids is 2. The predicted octanol–water partition coefficient (Wildman–Crippen LogP) is 5.87. The molecule has 2 saturated heterocycles. The average Bonchev–Trinajstić information content (AvgIpc) is 3.46. The van der Waals surface area contributed by atoms with Gasteiger partial charge in [-0.1, -0.05) is 52.0 Å². The van der Waals surface area contributed by atoms with E-state index in [-0.39, 0.29) is 11.8 Å². The maximum absolute atomic E-state index is 11.8. The first-order valence-corrected chi connectivity index (χ1v) is 16.4. The molecule has 9 nitrogen and oxygen atoms in total. The SMILES string of the molecule is CC.CCC(=O)N1CCN(c2cc3c(cnn3C)cc2C)CC1.CCC(=O)N1CCN(c2cc3ccccc3cc2OC)CC1. The second kappa shape index (κ2) is 15.6. The number of piperazine rings is 2. The fourth-order valence-electron chi connectivity index (χ4n) is 6.10. The zero-order chi connectivity index (χ0) is 32.5. The highest BCUT2D eigenvalue weighted by atomic mass is 16.5. The van der Waals surface area contributed by atoms with E-state index in [1.54, 1.807) is 7.11 Å². The van der Waals surface area contributed by atoms with Gasteiger partial charge >= 0.3 is 0 Å². The van der Waals surface area contributed by atoms with Crippen molar-refractivity contribution in [2.45, 2.75) is 47.5 Å². The molecule has 2 amide bonds. The highest BCUT2D eigenvalue weighted by molar-refractivity contribution is 5.89. The van der Waals surface area contributed by atoms with E-state index in [1.165, 1.54) is 27.4 Å². The predicted molar refractivity (Wildman–Crippen MR) is 185 cm³/mol. The third-order valence-electron chi connectivity index (χ3n) is 8.66. The van der Waals surface area contributed by atoms with Crippen LogP contribution in [0.15, 0.2) is 54.7 Å². The Morgan fingerprint density at radius 2 is 1.24 bits per heavy atom. The Hall–Kier alpha value is -4.27.